The second kappa shape index (κ2) is 9.03. The molecule has 0 radical (unpaired) electrons. The number of benzene rings is 1. The van der Waals surface area contributed by atoms with Gasteiger partial charge in [-0.3, -0.25) is 9.69 Å². The van der Waals surface area contributed by atoms with Gasteiger partial charge in [0.25, 0.3) is 0 Å². The average molecular weight is 398 g/mol. The molecule has 0 aliphatic carbocycles. The molecule has 0 saturated carbocycles. The third-order valence-electron chi connectivity index (χ3n) is 4.01. The Morgan fingerprint density at radius 3 is 2.54 bits per heavy atom. The molecule has 1 aliphatic heterocycles. The number of hydrogen-bond donors (Lipinski definition) is 1. The molecule has 2 amide bonds. The van der Waals surface area contributed by atoms with Gasteiger partial charge in [-0.05, 0) is 25.5 Å². The predicted molar refractivity (Wildman–Crippen MR) is 95.7 cm³/mol. The van der Waals surface area contributed by atoms with Crippen molar-refractivity contribution in [2.24, 2.45) is 0 Å². The zero-order chi connectivity index (χ0) is 17.5. The lowest BCUT2D eigenvalue weighted by molar-refractivity contribution is -0.123. The average Bonchev–Trinajstić information content (AvgIpc) is 2.56. The predicted octanol–water partition coefficient (Wildman–Crippen LogP) is 2.40. The number of amides is 2. The summed E-state index contributed by atoms with van der Waals surface area (Å²) in [6.07, 6.45) is -0.274. The highest BCUT2D eigenvalue weighted by atomic mass is 79.9. The molecule has 1 atom stereocenters. The van der Waals surface area contributed by atoms with Crippen LogP contribution in [0, 0.1) is 0 Å². The van der Waals surface area contributed by atoms with Crippen LogP contribution >= 0.6 is 15.9 Å². The van der Waals surface area contributed by atoms with Gasteiger partial charge in [0, 0.05) is 30.7 Å². The van der Waals surface area contributed by atoms with Gasteiger partial charge in [-0.1, -0.05) is 34.1 Å². The largest absolute Gasteiger partial charge is 0.450 e. The highest BCUT2D eigenvalue weighted by Gasteiger charge is 2.23. The minimum absolute atomic E-state index is 0.0113. The molecule has 0 unspecified atom stereocenters. The van der Waals surface area contributed by atoms with Crippen LogP contribution in [-0.2, 0) is 9.53 Å². The van der Waals surface area contributed by atoms with E-state index < -0.39 is 0 Å². The van der Waals surface area contributed by atoms with E-state index in [0.717, 1.165) is 10.0 Å². The molecular formula is C17H24BrN3O3. The van der Waals surface area contributed by atoms with Crippen molar-refractivity contribution in [3.05, 3.63) is 34.3 Å². The maximum Gasteiger partial charge on any atom is 0.409 e. The molecule has 1 N–H and O–H groups in total. The lowest BCUT2D eigenvalue weighted by atomic mass is 10.1. The van der Waals surface area contributed by atoms with Crippen LogP contribution in [0.5, 0.6) is 0 Å². The second-order valence-electron chi connectivity index (χ2n) is 5.77. The molecule has 1 aromatic carbocycles. The van der Waals surface area contributed by atoms with Gasteiger partial charge in [0.1, 0.15) is 0 Å². The number of piperazine rings is 1. The van der Waals surface area contributed by atoms with Gasteiger partial charge in [0.2, 0.25) is 5.91 Å². The van der Waals surface area contributed by atoms with Crippen molar-refractivity contribution in [2.75, 3.05) is 39.3 Å². The summed E-state index contributed by atoms with van der Waals surface area (Å²) in [6, 6.07) is 7.80. The number of hydrogen-bond acceptors (Lipinski definition) is 4. The smallest absolute Gasteiger partial charge is 0.409 e. The van der Waals surface area contributed by atoms with E-state index in [1.54, 1.807) is 11.8 Å². The van der Waals surface area contributed by atoms with Crippen molar-refractivity contribution < 1.29 is 14.3 Å². The van der Waals surface area contributed by atoms with E-state index in [-0.39, 0.29) is 18.0 Å². The van der Waals surface area contributed by atoms with Crippen molar-refractivity contribution >= 4 is 27.9 Å². The molecule has 1 aliphatic rings. The fourth-order valence-electron chi connectivity index (χ4n) is 2.70. The summed E-state index contributed by atoms with van der Waals surface area (Å²) in [7, 11) is 0. The molecule has 7 heteroatoms. The molecule has 6 nitrogen and oxygen atoms in total. The molecule has 2 rings (SSSR count). The molecular weight excluding hydrogens is 374 g/mol. The van der Waals surface area contributed by atoms with Gasteiger partial charge < -0.3 is 15.0 Å². The van der Waals surface area contributed by atoms with Crippen LogP contribution in [0.15, 0.2) is 28.7 Å². The first-order chi connectivity index (χ1) is 11.5. The SMILES string of the molecule is CCOC(=O)N1CCN(CC(=O)N[C@H](C)c2ccccc2Br)CC1. The van der Waals surface area contributed by atoms with Crippen LogP contribution in [0.4, 0.5) is 4.79 Å². The van der Waals surface area contributed by atoms with Crippen molar-refractivity contribution in [3.63, 3.8) is 0 Å². The number of carbonyl (C=O) groups is 2. The number of nitrogens with one attached hydrogen (secondary N) is 1. The van der Waals surface area contributed by atoms with Crippen LogP contribution in [0.25, 0.3) is 0 Å². The van der Waals surface area contributed by atoms with E-state index >= 15 is 0 Å². The van der Waals surface area contributed by atoms with E-state index in [1.165, 1.54) is 0 Å². The summed E-state index contributed by atoms with van der Waals surface area (Å²) in [5, 5.41) is 3.02. The Kier molecular flexibility index (Phi) is 7.05. The Balaban J connectivity index is 1.77. The molecule has 0 spiro atoms. The molecule has 1 heterocycles. The minimum Gasteiger partial charge on any atom is -0.450 e. The van der Waals surface area contributed by atoms with Gasteiger partial charge in [0.05, 0.1) is 19.2 Å². The fourth-order valence-corrected chi connectivity index (χ4v) is 3.33. The maximum atomic E-state index is 12.3. The highest BCUT2D eigenvalue weighted by Crippen LogP contribution is 2.22. The molecule has 24 heavy (non-hydrogen) atoms. The van der Waals surface area contributed by atoms with Crippen molar-refractivity contribution in [2.45, 2.75) is 19.9 Å². The van der Waals surface area contributed by atoms with Crippen LogP contribution < -0.4 is 5.32 Å². The van der Waals surface area contributed by atoms with E-state index in [2.05, 4.69) is 26.1 Å². The first-order valence-corrected chi connectivity index (χ1v) is 8.98. The molecule has 1 saturated heterocycles. The summed E-state index contributed by atoms with van der Waals surface area (Å²) in [5.41, 5.74) is 1.05. The highest BCUT2D eigenvalue weighted by molar-refractivity contribution is 9.10. The Labute approximate surface area is 151 Å². The van der Waals surface area contributed by atoms with Gasteiger partial charge >= 0.3 is 6.09 Å². The zero-order valence-corrected chi connectivity index (χ0v) is 15.7. The Bertz CT molecular complexity index is 574. The molecule has 1 fully saturated rings. The Hall–Kier alpha value is -1.60. The molecule has 0 bridgehead atoms. The Morgan fingerprint density at radius 2 is 1.92 bits per heavy atom. The normalized spacial score (nSPS) is 16.5. The van der Waals surface area contributed by atoms with Crippen molar-refractivity contribution in [1.82, 2.24) is 15.1 Å². The van der Waals surface area contributed by atoms with Crippen LogP contribution in [0.2, 0.25) is 0 Å². The summed E-state index contributed by atoms with van der Waals surface area (Å²) < 4.78 is 5.98. The summed E-state index contributed by atoms with van der Waals surface area (Å²) in [6.45, 7) is 7.02. The quantitative estimate of drug-likeness (QED) is 0.828. The number of ether oxygens (including phenoxy) is 1. The topological polar surface area (TPSA) is 61.9 Å². The van der Waals surface area contributed by atoms with Gasteiger partial charge in [0.15, 0.2) is 0 Å². The van der Waals surface area contributed by atoms with Crippen molar-refractivity contribution in [3.8, 4) is 0 Å². The standard InChI is InChI=1S/C17H24BrN3O3/c1-3-24-17(23)21-10-8-20(9-11-21)12-16(22)19-13(2)14-6-4-5-7-15(14)18/h4-7,13H,3,8-12H2,1-2H3,(H,19,22)/t13-/m1/s1. The van der Waals surface area contributed by atoms with Crippen LogP contribution in [-0.4, -0.2) is 61.1 Å². The van der Waals surface area contributed by atoms with Gasteiger partial charge in [-0.25, -0.2) is 4.79 Å². The first-order valence-electron chi connectivity index (χ1n) is 8.19. The number of rotatable bonds is 5. The summed E-state index contributed by atoms with van der Waals surface area (Å²) in [5.74, 6) is -0.0113. The monoisotopic (exact) mass is 397 g/mol. The third-order valence-corrected chi connectivity index (χ3v) is 4.74. The van der Waals surface area contributed by atoms with E-state index in [0.29, 0.717) is 39.3 Å². The van der Waals surface area contributed by atoms with Gasteiger partial charge in [-0.15, -0.1) is 0 Å². The number of carbonyl (C=O) groups excluding carboxylic acids is 2. The lowest BCUT2D eigenvalue weighted by Crippen LogP contribution is -2.51. The van der Waals surface area contributed by atoms with E-state index in [1.807, 2.05) is 31.2 Å². The van der Waals surface area contributed by atoms with Crippen LogP contribution in [0.1, 0.15) is 25.5 Å². The lowest BCUT2D eigenvalue weighted by Gasteiger charge is -2.33. The van der Waals surface area contributed by atoms with E-state index in [4.69, 9.17) is 4.74 Å². The van der Waals surface area contributed by atoms with Crippen LogP contribution in [0.3, 0.4) is 0 Å². The first kappa shape index (κ1) is 18.7. The summed E-state index contributed by atoms with van der Waals surface area (Å²) in [4.78, 5) is 27.6. The van der Waals surface area contributed by atoms with Gasteiger partial charge in [-0.2, -0.15) is 0 Å². The fraction of sp³-hybridized carbons (Fsp3) is 0.529. The molecule has 0 aromatic heterocycles. The number of halogens is 1. The van der Waals surface area contributed by atoms with E-state index in [9.17, 15) is 9.59 Å². The van der Waals surface area contributed by atoms with Crippen molar-refractivity contribution in [1.29, 1.82) is 0 Å². The molecule has 132 valence electrons. The zero-order valence-electron chi connectivity index (χ0n) is 14.1. The second-order valence-corrected chi connectivity index (χ2v) is 6.63. The summed E-state index contributed by atoms with van der Waals surface area (Å²) >= 11 is 3.51. The molecule has 1 aromatic rings. The number of nitrogens with zero attached hydrogens (tertiary/aromatic N) is 2. The Morgan fingerprint density at radius 1 is 1.25 bits per heavy atom. The third kappa shape index (κ3) is 5.21. The minimum atomic E-state index is -0.274. The maximum absolute atomic E-state index is 12.3.